The molecular formula is C13H20N2O2S2. The Labute approximate surface area is 118 Å². The Morgan fingerprint density at radius 2 is 2.00 bits per heavy atom. The largest absolute Gasteiger partial charge is 0.317 e. The molecular weight excluding hydrogens is 280 g/mol. The number of piperidine rings is 1. The lowest BCUT2D eigenvalue weighted by atomic mass is 9.78. The van der Waals surface area contributed by atoms with Crippen LogP contribution >= 0.6 is 11.3 Å². The zero-order valence-electron chi connectivity index (χ0n) is 11.2. The first-order valence-electron chi connectivity index (χ1n) is 6.79. The van der Waals surface area contributed by atoms with Crippen LogP contribution in [-0.2, 0) is 10.0 Å². The number of sulfonamides is 1. The molecule has 0 unspecified atom stereocenters. The van der Waals surface area contributed by atoms with E-state index in [-0.39, 0.29) is 5.41 Å². The Bertz CT molecular complexity index is 559. The molecule has 0 aliphatic carbocycles. The molecule has 0 radical (unpaired) electrons. The molecule has 2 aliphatic heterocycles. The van der Waals surface area contributed by atoms with Gasteiger partial charge in [0.15, 0.2) is 0 Å². The van der Waals surface area contributed by atoms with Crippen molar-refractivity contribution in [3.63, 3.8) is 0 Å². The molecule has 1 aromatic heterocycles. The van der Waals surface area contributed by atoms with Crippen LogP contribution in [0.4, 0.5) is 0 Å². The lowest BCUT2D eigenvalue weighted by Gasteiger charge is -2.33. The molecule has 106 valence electrons. The van der Waals surface area contributed by atoms with Crippen LogP contribution < -0.4 is 5.32 Å². The molecule has 4 nitrogen and oxygen atoms in total. The van der Waals surface area contributed by atoms with Gasteiger partial charge in [0.1, 0.15) is 4.21 Å². The average molecular weight is 300 g/mol. The highest BCUT2D eigenvalue weighted by Crippen LogP contribution is 2.41. The first-order valence-corrected chi connectivity index (χ1v) is 9.05. The number of nitrogens with zero attached hydrogens (tertiary/aromatic N) is 1. The maximum atomic E-state index is 12.6. The average Bonchev–Trinajstić information content (AvgIpc) is 2.98. The molecule has 1 spiro atoms. The highest BCUT2D eigenvalue weighted by Gasteiger charge is 2.43. The van der Waals surface area contributed by atoms with Crippen molar-refractivity contribution in [3.05, 3.63) is 17.0 Å². The monoisotopic (exact) mass is 300 g/mol. The van der Waals surface area contributed by atoms with Crippen LogP contribution in [0.5, 0.6) is 0 Å². The second-order valence-corrected chi connectivity index (χ2v) is 9.16. The van der Waals surface area contributed by atoms with Gasteiger partial charge < -0.3 is 5.32 Å². The number of thiophene rings is 1. The van der Waals surface area contributed by atoms with E-state index < -0.39 is 10.0 Å². The van der Waals surface area contributed by atoms with E-state index in [1.54, 1.807) is 10.4 Å². The second kappa shape index (κ2) is 4.84. The lowest BCUT2D eigenvalue weighted by molar-refractivity contribution is 0.218. The molecule has 2 saturated heterocycles. The summed E-state index contributed by atoms with van der Waals surface area (Å²) in [5.41, 5.74) is 0.227. The van der Waals surface area contributed by atoms with Crippen molar-refractivity contribution in [2.45, 2.75) is 30.4 Å². The summed E-state index contributed by atoms with van der Waals surface area (Å²) in [4.78, 5) is 1.05. The molecule has 2 fully saturated rings. The summed E-state index contributed by atoms with van der Waals surface area (Å²) in [5.74, 6) is 0. The van der Waals surface area contributed by atoms with Crippen molar-refractivity contribution in [2.24, 2.45) is 5.41 Å². The first-order chi connectivity index (χ1) is 9.02. The predicted molar refractivity (Wildman–Crippen MR) is 77.0 cm³/mol. The normalized spacial score (nSPS) is 24.1. The van der Waals surface area contributed by atoms with E-state index in [0.717, 1.165) is 37.2 Å². The zero-order valence-corrected chi connectivity index (χ0v) is 12.8. The van der Waals surface area contributed by atoms with Gasteiger partial charge in [-0.25, -0.2) is 8.42 Å². The van der Waals surface area contributed by atoms with Crippen LogP contribution in [0.2, 0.25) is 0 Å². The van der Waals surface area contributed by atoms with Crippen LogP contribution in [0.25, 0.3) is 0 Å². The summed E-state index contributed by atoms with van der Waals surface area (Å²) in [6.07, 6.45) is 3.21. The van der Waals surface area contributed by atoms with Gasteiger partial charge in [-0.05, 0) is 56.8 Å². The minimum atomic E-state index is -3.26. The fourth-order valence-electron chi connectivity index (χ4n) is 3.14. The Morgan fingerprint density at radius 1 is 1.26 bits per heavy atom. The quantitative estimate of drug-likeness (QED) is 0.906. The molecule has 6 heteroatoms. The molecule has 1 N–H and O–H groups in total. The third-order valence-electron chi connectivity index (χ3n) is 4.38. The summed E-state index contributed by atoms with van der Waals surface area (Å²) >= 11 is 1.37. The minimum absolute atomic E-state index is 0.227. The standard InChI is InChI=1S/C13H20N2O2S2/c1-11-2-3-12(18-11)19(16,17)15-9-6-13(10-15)4-7-14-8-5-13/h2-3,14H,4-10H2,1H3. The zero-order chi connectivity index (χ0) is 13.5. The third kappa shape index (κ3) is 2.46. The van der Waals surface area contributed by atoms with E-state index in [1.807, 2.05) is 13.0 Å². The molecule has 1 aromatic rings. The van der Waals surface area contributed by atoms with Crippen LogP contribution in [0.1, 0.15) is 24.1 Å². The van der Waals surface area contributed by atoms with Crippen LogP contribution in [-0.4, -0.2) is 38.9 Å². The molecule has 0 bridgehead atoms. The maximum absolute atomic E-state index is 12.6. The van der Waals surface area contributed by atoms with E-state index in [2.05, 4.69) is 5.32 Å². The Balaban J connectivity index is 1.80. The van der Waals surface area contributed by atoms with Gasteiger partial charge >= 0.3 is 0 Å². The first kappa shape index (κ1) is 13.5. The molecule has 0 atom stereocenters. The molecule has 0 amide bonds. The Hall–Kier alpha value is -0.430. The van der Waals surface area contributed by atoms with E-state index in [9.17, 15) is 8.42 Å². The molecule has 0 aromatic carbocycles. The third-order valence-corrected chi connectivity index (χ3v) is 7.69. The molecule has 3 rings (SSSR count). The van der Waals surface area contributed by atoms with Crippen LogP contribution in [0, 0.1) is 12.3 Å². The van der Waals surface area contributed by atoms with E-state index in [4.69, 9.17) is 0 Å². The smallest absolute Gasteiger partial charge is 0.252 e. The number of nitrogens with one attached hydrogen (secondary N) is 1. The van der Waals surface area contributed by atoms with Crippen molar-refractivity contribution < 1.29 is 8.42 Å². The topological polar surface area (TPSA) is 49.4 Å². The van der Waals surface area contributed by atoms with E-state index in [0.29, 0.717) is 17.3 Å². The summed E-state index contributed by atoms with van der Waals surface area (Å²) in [6, 6.07) is 3.62. The fourth-order valence-corrected chi connectivity index (χ4v) is 6.13. The van der Waals surface area contributed by atoms with Crippen molar-refractivity contribution in [3.8, 4) is 0 Å². The van der Waals surface area contributed by atoms with Crippen molar-refractivity contribution in [1.82, 2.24) is 9.62 Å². The van der Waals surface area contributed by atoms with E-state index in [1.165, 1.54) is 11.3 Å². The number of aryl methyl sites for hydroxylation is 1. The van der Waals surface area contributed by atoms with Crippen molar-refractivity contribution >= 4 is 21.4 Å². The predicted octanol–water partition coefficient (Wildman–Crippen LogP) is 1.82. The minimum Gasteiger partial charge on any atom is -0.317 e. The van der Waals surface area contributed by atoms with Gasteiger partial charge in [0.2, 0.25) is 0 Å². The highest BCUT2D eigenvalue weighted by molar-refractivity contribution is 7.91. The van der Waals surface area contributed by atoms with Gasteiger partial charge in [-0.1, -0.05) is 0 Å². The van der Waals surface area contributed by atoms with E-state index >= 15 is 0 Å². The summed E-state index contributed by atoms with van der Waals surface area (Å²) < 4.78 is 27.4. The number of hydrogen-bond donors (Lipinski definition) is 1. The number of rotatable bonds is 2. The summed E-state index contributed by atoms with van der Waals surface area (Å²) in [6.45, 7) is 5.37. The molecule has 19 heavy (non-hydrogen) atoms. The summed E-state index contributed by atoms with van der Waals surface area (Å²) in [7, 11) is -3.26. The molecule has 0 saturated carbocycles. The van der Waals surface area contributed by atoms with Gasteiger partial charge in [0.25, 0.3) is 10.0 Å². The molecule has 2 aliphatic rings. The van der Waals surface area contributed by atoms with Gasteiger partial charge in [0, 0.05) is 18.0 Å². The van der Waals surface area contributed by atoms with Crippen molar-refractivity contribution in [2.75, 3.05) is 26.2 Å². The maximum Gasteiger partial charge on any atom is 0.252 e. The number of hydrogen-bond acceptors (Lipinski definition) is 4. The van der Waals surface area contributed by atoms with Crippen molar-refractivity contribution in [1.29, 1.82) is 0 Å². The van der Waals surface area contributed by atoms with Gasteiger partial charge in [-0.3, -0.25) is 0 Å². The second-order valence-electron chi connectivity index (χ2n) is 5.70. The Kier molecular flexibility index (Phi) is 3.45. The Morgan fingerprint density at radius 3 is 2.63 bits per heavy atom. The van der Waals surface area contributed by atoms with Crippen LogP contribution in [0.15, 0.2) is 16.3 Å². The van der Waals surface area contributed by atoms with Gasteiger partial charge in [-0.2, -0.15) is 4.31 Å². The SMILES string of the molecule is Cc1ccc(S(=O)(=O)N2CCC3(CCNCC3)C2)s1. The highest BCUT2D eigenvalue weighted by atomic mass is 32.2. The molecule has 3 heterocycles. The fraction of sp³-hybridized carbons (Fsp3) is 0.692. The lowest BCUT2D eigenvalue weighted by Crippen LogP contribution is -2.39. The van der Waals surface area contributed by atoms with Crippen LogP contribution in [0.3, 0.4) is 0 Å². The summed E-state index contributed by atoms with van der Waals surface area (Å²) in [5, 5.41) is 3.36. The van der Waals surface area contributed by atoms with Gasteiger partial charge in [-0.15, -0.1) is 11.3 Å². The van der Waals surface area contributed by atoms with Gasteiger partial charge in [0.05, 0.1) is 0 Å².